The number of hydrogen-bond acceptors (Lipinski definition) is 7. The van der Waals surface area contributed by atoms with Gasteiger partial charge < -0.3 is 19.9 Å². The van der Waals surface area contributed by atoms with E-state index >= 15 is 0 Å². The average Bonchev–Trinajstić information content (AvgIpc) is 2.89. The molecule has 2 heterocycles. The van der Waals surface area contributed by atoms with Crippen molar-refractivity contribution in [2.24, 2.45) is 0 Å². The Morgan fingerprint density at radius 3 is 2.34 bits per heavy atom. The van der Waals surface area contributed by atoms with Crippen LogP contribution in [0.25, 0.3) is 11.0 Å². The van der Waals surface area contributed by atoms with Crippen molar-refractivity contribution < 1.29 is 14.3 Å². The van der Waals surface area contributed by atoms with Crippen LogP contribution in [0.5, 0.6) is 0 Å². The van der Waals surface area contributed by atoms with Crippen molar-refractivity contribution in [3.63, 3.8) is 0 Å². The van der Waals surface area contributed by atoms with Crippen LogP contribution in [0.4, 0.5) is 10.6 Å². The minimum absolute atomic E-state index is 0.322. The van der Waals surface area contributed by atoms with Crippen LogP contribution >= 0.6 is 0 Å². The highest BCUT2D eigenvalue weighted by molar-refractivity contribution is 5.89. The lowest BCUT2D eigenvalue weighted by molar-refractivity contribution is -0.121. The van der Waals surface area contributed by atoms with Gasteiger partial charge in [0, 0.05) is 32.7 Å². The number of aromatic nitrogens is 2. The molecule has 0 spiro atoms. The average molecular weight is 473 g/mol. The molecule has 35 heavy (non-hydrogen) atoms. The highest BCUT2D eigenvalue weighted by Gasteiger charge is 2.31. The fraction of sp³-hybridized carbons (Fsp3) is 0.346. The summed E-state index contributed by atoms with van der Waals surface area (Å²) in [4.78, 5) is 38.3. The first-order valence-electron chi connectivity index (χ1n) is 11.7. The maximum Gasteiger partial charge on any atom is 0.409 e. The number of nitrogens with one attached hydrogen (secondary N) is 1. The molecule has 180 valence electrons. The van der Waals surface area contributed by atoms with Crippen molar-refractivity contribution in [1.82, 2.24) is 20.2 Å². The van der Waals surface area contributed by atoms with Gasteiger partial charge in [0.05, 0.1) is 23.7 Å². The number of fused-ring (bicyclic) bond motifs is 1. The van der Waals surface area contributed by atoms with Crippen LogP contribution in [0.15, 0.2) is 54.6 Å². The number of nitrogens with zero attached hydrogens (tertiary/aromatic N) is 5. The Hall–Kier alpha value is -4.19. The molecule has 3 aromatic rings. The van der Waals surface area contributed by atoms with Gasteiger partial charge >= 0.3 is 6.09 Å². The van der Waals surface area contributed by atoms with Gasteiger partial charge in [-0.25, -0.2) is 14.8 Å². The Bertz CT molecular complexity index is 1220. The van der Waals surface area contributed by atoms with Crippen molar-refractivity contribution in [3.8, 4) is 6.07 Å². The van der Waals surface area contributed by atoms with Gasteiger partial charge in [0.15, 0.2) is 11.7 Å². The second kappa shape index (κ2) is 11.3. The minimum atomic E-state index is -1.11. The van der Waals surface area contributed by atoms with E-state index in [0.717, 1.165) is 5.56 Å². The molecule has 2 aromatic carbocycles. The Morgan fingerprint density at radius 1 is 1.03 bits per heavy atom. The maximum atomic E-state index is 13.1. The Labute approximate surface area is 204 Å². The molecule has 9 nitrogen and oxygen atoms in total. The van der Waals surface area contributed by atoms with Gasteiger partial charge in [-0.1, -0.05) is 42.5 Å². The number of hydrogen-bond donors (Lipinski definition) is 1. The fourth-order valence-electron chi connectivity index (χ4n) is 4.07. The molecule has 9 heteroatoms. The zero-order chi connectivity index (χ0) is 24.6. The van der Waals surface area contributed by atoms with Crippen molar-refractivity contribution in [2.75, 3.05) is 44.2 Å². The number of benzene rings is 2. The summed E-state index contributed by atoms with van der Waals surface area (Å²) in [5.41, 5.74) is 2.73. The van der Waals surface area contributed by atoms with Crippen LogP contribution in [-0.4, -0.2) is 66.2 Å². The third-order valence-electron chi connectivity index (χ3n) is 5.90. The van der Waals surface area contributed by atoms with Crippen molar-refractivity contribution in [3.05, 3.63) is 65.9 Å². The molecule has 1 aromatic heterocycles. The van der Waals surface area contributed by atoms with E-state index in [2.05, 4.69) is 11.4 Å². The Kier molecular flexibility index (Phi) is 7.73. The van der Waals surface area contributed by atoms with Gasteiger partial charge in [-0.15, -0.1) is 0 Å². The third kappa shape index (κ3) is 5.66. The molecule has 0 unspecified atom stereocenters. The number of para-hydroxylation sites is 2. The molecular weight excluding hydrogens is 444 g/mol. The maximum absolute atomic E-state index is 13.1. The number of carbonyl (C=O) groups is 2. The van der Waals surface area contributed by atoms with Crippen LogP contribution in [0, 0.1) is 11.3 Å². The first kappa shape index (κ1) is 24.0. The monoisotopic (exact) mass is 472 g/mol. The van der Waals surface area contributed by atoms with Gasteiger partial charge in [-0.05, 0) is 31.0 Å². The van der Waals surface area contributed by atoms with Gasteiger partial charge in [-0.2, -0.15) is 5.26 Å². The smallest absolute Gasteiger partial charge is 0.409 e. The summed E-state index contributed by atoms with van der Waals surface area (Å²) in [7, 11) is 0. The number of amides is 2. The summed E-state index contributed by atoms with van der Waals surface area (Å²) in [5.74, 6) is -1.02. The van der Waals surface area contributed by atoms with Crippen molar-refractivity contribution >= 4 is 28.9 Å². The van der Waals surface area contributed by atoms with E-state index in [1.165, 1.54) is 0 Å². The Balaban J connectivity index is 1.55. The van der Waals surface area contributed by atoms with E-state index in [1.807, 2.05) is 59.5 Å². The van der Waals surface area contributed by atoms with Crippen LogP contribution in [0.3, 0.4) is 0 Å². The molecule has 1 aliphatic heterocycles. The first-order chi connectivity index (χ1) is 17.1. The lowest BCUT2D eigenvalue weighted by Crippen LogP contribution is -2.49. The zero-order valence-corrected chi connectivity index (χ0v) is 19.7. The summed E-state index contributed by atoms with van der Waals surface area (Å²) in [6.07, 6.45) is 0.321. The Morgan fingerprint density at radius 2 is 1.69 bits per heavy atom. The summed E-state index contributed by atoms with van der Waals surface area (Å²) in [5, 5.41) is 12.8. The highest BCUT2D eigenvalue weighted by Crippen LogP contribution is 2.28. The second-order valence-electron chi connectivity index (χ2n) is 8.18. The third-order valence-corrected chi connectivity index (χ3v) is 5.90. The fourth-order valence-corrected chi connectivity index (χ4v) is 4.07. The molecular formula is C26H28N6O3. The van der Waals surface area contributed by atoms with Gasteiger partial charge in [-0.3, -0.25) is 4.79 Å². The second-order valence-corrected chi connectivity index (χ2v) is 8.18. The number of carbonyl (C=O) groups excluding carboxylic acids is 2. The van der Waals surface area contributed by atoms with Gasteiger partial charge in [0.25, 0.3) is 0 Å². The van der Waals surface area contributed by atoms with Crippen molar-refractivity contribution in [2.45, 2.75) is 19.3 Å². The number of piperazine rings is 1. The van der Waals surface area contributed by atoms with Gasteiger partial charge in [0.1, 0.15) is 5.69 Å². The first-order valence-corrected chi connectivity index (χ1v) is 11.7. The predicted molar refractivity (Wildman–Crippen MR) is 132 cm³/mol. The van der Waals surface area contributed by atoms with E-state index in [0.29, 0.717) is 68.3 Å². The molecule has 0 saturated carbocycles. The molecule has 0 radical (unpaired) electrons. The summed E-state index contributed by atoms with van der Waals surface area (Å²) in [6.45, 7) is 4.40. The van der Waals surface area contributed by atoms with Crippen molar-refractivity contribution in [1.29, 1.82) is 5.26 Å². The number of ether oxygens (including phenoxy) is 1. The SMILES string of the molecule is CCOC(=O)N1CCN(c2nc3ccccc3nc2[C@@H](C#N)C(=O)NCCc2ccccc2)CC1. The molecule has 1 aliphatic rings. The number of nitriles is 1. The van der Waals surface area contributed by atoms with E-state index in [1.54, 1.807) is 11.8 Å². The normalized spacial score (nSPS) is 14.3. The van der Waals surface area contributed by atoms with Gasteiger partial charge in [0.2, 0.25) is 5.91 Å². The molecule has 0 aliphatic carbocycles. The lowest BCUT2D eigenvalue weighted by Gasteiger charge is -2.35. The van der Waals surface area contributed by atoms with E-state index < -0.39 is 11.8 Å². The quantitative estimate of drug-likeness (QED) is 0.563. The largest absolute Gasteiger partial charge is 0.450 e. The van der Waals surface area contributed by atoms with Crippen LogP contribution < -0.4 is 10.2 Å². The summed E-state index contributed by atoms with van der Waals surface area (Å²) in [6, 6.07) is 19.4. The summed E-state index contributed by atoms with van der Waals surface area (Å²) < 4.78 is 5.10. The minimum Gasteiger partial charge on any atom is -0.450 e. The molecule has 1 fully saturated rings. The van der Waals surface area contributed by atoms with Crippen LogP contribution in [-0.2, 0) is 16.0 Å². The highest BCUT2D eigenvalue weighted by atomic mass is 16.6. The molecule has 1 N–H and O–H groups in total. The molecule has 2 amide bonds. The molecule has 4 rings (SSSR count). The van der Waals surface area contributed by atoms with E-state index in [4.69, 9.17) is 14.7 Å². The summed E-state index contributed by atoms with van der Waals surface area (Å²) >= 11 is 0. The van der Waals surface area contributed by atoms with E-state index in [-0.39, 0.29) is 6.09 Å². The standard InChI is InChI=1S/C26H28N6O3/c1-2-35-26(34)32-16-14-31(15-17-32)24-23(29-21-10-6-7-11-22(21)30-24)20(18-27)25(33)28-13-12-19-8-4-3-5-9-19/h3-11,20H,2,12-17H2,1H3,(H,28,33)/t20-/m1/s1. The zero-order valence-electron chi connectivity index (χ0n) is 19.7. The number of rotatable bonds is 7. The number of anilines is 1. The molecule has 0 bridgehead atoms. The molecule has 1 atom stereocenters. The molecule has 1 saturated heterocycles. The van der Waals surface area contributed by atoms with Crippen LogP contribution in [0.2, 0.25) is 0 Å². The van der Waals surface area contributed by atoms with E-state index in [9.17, 15) is 14.9 Å². The topological polar surface area (TPSA) is 111 Å². The lowest BCUT2D eigenvalue weighted by atomic mass is 10.0. The van der Waals surface area contributed by atoms with Crippen LogP contribution in [0.1, 0.15) is 24.1 Å². The predicted octanol–water partition coefficient (Wildman–Crippen LogP) is 2.87.